The normalized spacial score (nSPS) is 14.1. The highest BCUT2D eigenvalue weighted by molar-refractivity contribution is 6.18. The minimum Gasteiger partial charge on any atom is -0.507 e. The quantitative estimate of drug-likeness (QED) is 0.817. The molecular formula is C12H15ClFNO2. The Balaban J connectivity index is 2.98. The van der Waals surface area contributed by atoms with Crippen molar-refractivity contribution in [1.29, 1.82) is 0 Å². The van der Waals surface area contributed by atoms with Crippen LogP contribution in [0.25, 0.3) is 0 Å². The van der Waals surface area contributed by atoms with Gasteiger partial charge in [-0.15, -0.1) is 11.6 Å². The SMILES string of the molecule is CCC(C)(CCl)NC(=O)c1c(O)cccc1F. The third kappa shape index (κ3) is 3.09. The lowest BCUT2D eigenvalue weighted by Gasteiger charge is -2.27. The van der Waals surface area contributed by atoms with Crippen molar-refractivity contribution in [2.24, 2.45) is 0 Å². The fraction of sp³-hybridized carbons (Fsp3) is 0.417. The first-order chi connectivity index (χ1) is 7.93. The molecule has 0 bridgehead atoms. The number of aromatic hydroxyl groups is 1. The predicted octanol–water partition coefficient (Wildman–Crippen LogP) is 2.67. The van der Waals surface area contributed by atoms with Crippen LogP contribution in [0.4, 0.5) is 4.39 Å². The molecule has 17 heavy (non-hydrogen) atoms. The maximum atomic E-state index is 13.4. The van der Waals surface area contributed by atoms with Crippen molar-refractivity contribution in [3.63, 3.8) is 0 Å². The van der Waals surface area contributed by atoms with Gasteiger partial charge in [-0.25, -0.2) is 4.39 Å². The fourth-order valence-electron chi connectivity index (χ4n) is 1.29. The smallest absolute Gasteiger partial charge is 0.258 e. The highest BCUT2D eigenvalue weighted by atomic mass is 35.5. The molecular weight excluding hydrogens is 245 g/mol. The first kappa shape index (κ1) is 13.8. The van der Waals surface area contributed by atoms with E-state index in [1.54, 1.807) is 6.92 Å². The van der Waals surface area contributed by atoms with E-state index in [1.165, 1.54) is 12.1 Å². The summed E-state index contributed by atoms with van der Waals surface area (Å²) >= 11 is 5.75. The van der Waals surface area contributed by atoms with Crippen molar-refractivity contribution in [2.45, 2.75) is 25.8 Å². The second-order valence-corrected chi connectivity index (χ2v) is 4.40. The lowest BCUT2D eigenvalue weighted by atomic mass is 10.0. The van der Waals surface area contributed by atoms with Crippen molar-refractivity contribution in [1.82, 2.24) is 5.32 Å². The van der Waals surface area contributed by atoms with E-state index in [0.29, 0.717) is 6.42 Å². The maximum absolute atomic E-state index is 13.4. The molecule has 5 heteroatoms. The predicted molar refractivity (Wildman–Crippen MR) is 64.9 cm³/mol. The van der Waals surface area contributed by atoms with Crippen LogP contribution < -0.4 is 5.32 Å². The Hall–Kier alpha value is -1.29. The summed E-state index contributed by atoms with van der Waals surface area (Å²) in [6.07, 6.45) is 0.609. The highest BCUT2D eigenvalue weighted by Crippen LogP contribution is 2.21. The second kappa shape index (κ2) is 5.36. The van der Waals surface area contributed by atoms with Crippen molar-refractivity contribution in [3.05, 3.63) is 29.6 Å². The van der Waals surface area contributed by atoms with E-state index in [0.717, 1.165) is 6.07 Å². The first-order valence-corrected chi connectivity index (χ1v) is 5.83. The van der Waals surface area contributed by atoms with E-state index < -0.39 is 17.3 Å². The van der Waals surface area contributed by atoms with Crippen LogP contribution in [0.3, 0.4) is 0 Å². The van der Waals surface area contributed by atoms with E-state index >= 15 is 0 Å². The molecule has 0 aliphatic heterocycles. The monoisotopic (exact) mass is 259 g/mol. The molecule has 1 atom stereocenters. The molecule has 0 radical (unpaired) electrons. The third-order valence-electron chi connectivity index (χ3n) is 2.71. The van der Waals surface area contributed by atoms with Crippen LogP contribution in [0.1, 0.15) is 30.6 Å². The summed E-state index contributed by atoms with van der Waals surface area (Å²) in [6, 6.07) is 3.72. The number of nitrogens with one attached hydrogen (secondary N) is 1. The Morgan fingerprint density at radius 1 is 1.59 bits per heavy atom. The third-order valence-corrected chi connectivity index (χ3v) is 3.30. The van der Waals surface area contributed by atoms with Crippen LogP contribution in [0, 0.1) is 5.82 Å². The van der Waals surface area contributed by atoms with Crippen LogP contribution >= 0.6 is 11.6 Å². The number of hydrogen-bond donors (Lipinski definition) is 2. The van der Waals surface area contributed by atoms with Gasteiger partial charge in [0.05, 0.1) is 5.54 Å². The largest absolute Gasteiger partial charge is 0.507 e. The molecule has 3 nitrogen and oxygen atoms in total. The Morgan fingerprint density at radius 2 is 2.24 bits per heavy atom. The zero-order chi connectivity index (χ0) is 13.1. The zero-order valence-corrected chi connectivity index (χ0v) is 10.5. The molecule has 0 heterocycles. The molecule has 1 aromatic carbocycles. The van der Waals surface area contributed by atoms with Gasteiger partial charge in [0.15, 0.2) is 0 Å². The van der Waals surface area contributed by atoms with Crippen molar-refractivity contribution in [2.75, 3.05) is 5.88 Å². The number of rotatable bonds is 4. The number of benzene rings is 1. The van der Waals surface area contributed by atoms with Gasteiger partial charge < -0.3 is 10.4 Å². The summed E-state index contributed by atoms with van der Waals surface area (Å²) in [6.45, 7) is 3.62. The first-order valence-electron chi connectivity index (χ1n) is 5.29. The number of phenols is 1. The topological polar surface area (TPSA) is 49.3 Å². The molecule has 1 aromatic rings. The number of carbonyl (C=O) groups excluding carboxylic acids is 1. The average Bonchev–Trinajstić information content (AvgIpc) is 2.28. The minimum atomic E-state index is -0.754. The summed E-state index contributed by atoms with van der Waals surface area (Å²) in [5, 5.41) is 12.1. The number of amides is 1. The number of halogens is 2. The summed E-state index contributed by atoms with van der Waals surface area (Å²) in [5.41, 5.74) is -0.967. The van der Waals surface area contributed by atoms with Crippen molar-refractivity contribution >= 4 is 17.5 Å². The number of hydrogen-bond acceptors (Lipinski definition) is 2. The Kier molecular flexibility index (Phi) is 4.34. The molecule has 0 saturated carbocycles. The molecule has 0 aliphatic carbocycles. The summed E-state index contributed by atoms with van der Waals surface area (Å²) in [5.74, 6) is -1.58. The Bertz CT molecular complexity index is 399. The molecule has 0 spiro atoms. The van der Waals surface area contributed by atoms with Crippen LogP contribution in [0.2, 0.25) is 0 Å². The maximum Gasteiger partial charge on any atom is 0.258 e. The lowest BCUT2D eigenvalue weighted by Crippen LogP contribution is -2.47. The van der Waals surface area contributed by atoms with Crippen LogP contribution in [0.15, 0.2) is 18.2 Å². The lowest BCUT2D eigenvalue weighted by molar-refractivity contribution is 0.0905. The molecule has 1 rings (SSSR count). The average molecular weight is 260 g/mol. The Morgan fingerprint density at radius 3 is 2.71 bits per heavy atom. The van der Waals surface area contributed by atoms with Gasteiger partial charge in [0.1, 0.15) is 17.1 Å². The van der Waals surface area contributed by atoms with Gasteiger partial charge in [-0.3, -0.25) is 4.79 Å². The van der Waals surface area contributed by atoms with Crippen LogP contribution in [-0.2, 0) is 0 Å². The number of phenolic OH excluding ortho intramolecular Hbond substituents is 1. The van der Waals surface area contributed by atoms with Crippen LogP contribution in [-0.4, -0.2) is 22.4 Å². The van der Waals surface area contributed by atoms with Gasteiger partial charge in [0.25, 0.3) is 5.91 Å². The van der Waals surface area contributed by atoms with Gasteiger partial charge in [-0.05, 0) is 25.5 Å². The molecule has 2 N–H and O–H groups in total. The molecule has 1 unspecified atom stereocenters. The second-order valence-electron chi connectivity index (χ2n) is 4.14. The van der Waals surface area contributed by atoms with E-state index in [1.807, 2.05) is 6.92 Å². The highest BCUT2D eigenvalue weighted by Gasteiger charge is 2.26. The standard InChI is InChI=1S/C12H15ClFNO2/c1-3-12(2,7-13)15-11(17)10-8(14)5-4-6-9(10)16/h4-6,16H,3,7H2,1-2H3,(H,15,17). The zero-order valence-electron chi connectivity index (χ0n) is 9.76. The molecule has 0 fully saturated rings. The summed E-state index contributed by atoms with van der Waals surface area (Å²) in [7, 11) is 0. The van der Waals surface area contributed by atoms with Gasteiger partial charge in [-0.2, -0.15) is 0 Å². The molecule has 1 amide bonds. The van der Waals surface area contributed by atoms with Gasteiger partial charge in [0, 0.05) is 5.88 Å². The van der Waals surface area contributed by atoms with Gasteiger partial charge in [0.2, 0.25) is 0 Å². The van der Waals surface area contributed by atoms with Crippen molar-refractivity contribution in [3.8, 4) is 5.75 Å². The number of carbonyl (C=O) groups is 1. The van der Waals surface area contributed by atoms with Crippen LogP contribution in [0.5, 0.6) is 5.75 Å². The van der Waals surface area contributed by atoms with Gasteiger partial charge in [-0.1, -0.05) is 13.0 Å². The number of alkyl halides is 1. The van der Waals surface area contributed by atoms with Crippen molar-refractivity contribution < 1.29 is 14.3 Å². The van der Waals surface area contributed by atoms with E-state index in [9.17, 15) is 14.3 Å². The molecule has 0 aromatic heterocycles. The summed E-state index contributed by atoms with van der Waals surface area (Å²) < 4.78 is 13.4. The fourth-order valence-corrected chi connectivity index (χ4v) is 1.55. The summed E-state index contributed by atoms with van der Waals surface area (Å²) in [4.78, 5) is 11.8. The minimum absolute atomic E-state index is 0.213. The van der Waals surface area contributed by atoms with Gasteiger partial charge >= 0.3 is 0 Å². The molecule has 0 saturated heterocycles. The van der Waals surface area contributed by atoms with E-state index in [2.05, 4.69) is 5.32 Å². The molecule has 94 valence electrons. The van der Waals surface area contributed by atoms with E-state index in [4.69, 9.17) is 11.6 Å². The van der Waals surface area contributed by atoms with E-state index in [-0.39, 0.29) is 17.2 Å². The molecule has 0 aliphatic rings. The Labute approximate surface area is 105 Å².